The van der Waals surface area contributed by atoms with E-state index in [9.17, 15) is 5.11 Å². The maximum absolute atomic E-state index is 9.77. The highest BCUT2D eigenvalue weighted by Gasteiger charge is 2.25. The van der Waals surface area contributed by atoms with Crippen molar-refractivity contribution in [1.29, 1.82) is 0 Å². The number of benzene rings is 2. The highest BCUT2D eigenvalue weighted by Crippen LogP contribution is 2.35. The SMILES string of the molecule is CC.CC1CNc2cc(O)ccc2-n2c(-c3cccc(Cl)c3)nnc21. The fourth-order valence-corrected chi connectivity index (χ4v) is 3.07. The van der Waals surface area contributed by atoms with E-state index in [0.29, 0.717) is 5.02 Å². The summed E-state index contributed by atoms with van der Waals surface area (Å²) >= 11 is 6.12. The van der Waals surface area contributed by atoms with Gasteiger partial charge in [0.05, 0.1) is 11.4 Å². The van der Waals surface area contributed by atoms with Gasteiger partial charge in [-0.05, 0) is 24.3 Å². The minimum Gasteiger partial charge on any atom is -0.508 e. The van der Waals surface area contributed by atoms with E-state index in [1.165, 1.54) is 0 Å². The monoisotopic (exact) mass is 356 g/mol. The van der Waals surface area contributed by atoms with E-state index < -0.39 is 0 Å². The molecule has 25 heavy (non-hydrogen) atoms. The number of rotatable bonds is 1. The lowest BCUT2D eigenvalue weighted by Gasteiger charge is -2.12. The molecule has 5 nitrogen and oxygen atoms in total. The summed E-state index contributed by atoms with van der Waals surface area (Å²) in [5, 5.41) is 22.6. The molecule has 0 saturated carbocycles. The third-order valence-corrected chi connectivity index (χ3v) is 4.27. The number of hydrogen-bond acceptors (Lipinski definition) is 4. The molecular formula is C19H21ClN4O. The van der Waals surface area contributed by atoms with Crippen LogP contribution in [0.2, 0.25) is 5.02 Å². The molecule has 0 bridgehead atoms. The number of nitrogens with zero attached hydrogens (tertiary/aromatic N) is 3. The van der Waals surface area contributed by atoms with Crippen LogP contribution in [0, 0.1) is 0 Å². The normalized spacial score (nSPS) is 15.1. The first-order chi connectivity index (χ1) is 12.1. The zero-order chi connectivity index (χ0) is 18.0. The third-order valence-electron chi connectivity index (χ3n) is 4.03. The summed E-state index contributed by atoms with van der Waals surface area (Å²) < 4.78 is 2.03. The Kier molecular flexibility index (Phi) is 4.95. The van der Waals surface area contributed by atoms with Crippen molar-refractivity contribution in [3.05, 3.63) is 53.3 Å². The van der Waals surface area contributed by atoms with Crippen LogP contribution in [0.5, 0.6) is 5.75 Å². The number of nitrogens with one attached hydrogen (secondary N) is 1. The largest absolute Gasteiger partial charge is 0.508 e. The Morgan fingerprint density at radius 3 is 2.72 bits per heavy atom. The molecule has 1 aliphatic heterocycles. The highest BCUT2D eigenvalue weighted by molar-refractivity contribution is 6.30. The Morgan fingerprint density at radius 1 is 1.16 bits per heavy atom. The van der Waals surface area contributed by atoms with E-state index in [1.807, 2.05) is 48.7 Å². The molecule has 3 aromatic rings. The molecule has 0 radical (unpaired) electrons. The van der Waals surface area contributed by atoms with Crippen molar-refractivity contribution in [2.45, 2.75) is 26.7 Å². The van der Waals surface area contributed by atoms with E-state index in [0.717, 1.165) is 35.1 Å². The fourth-order valence-electron chi connectivity index (χ4n) is 2.88. The van der Waals surface area contributed by atoms with Crippen LogP contribution in [0.3, 0.4) is 0 Å². The zero-order valence-corrected chi connectivity index (χ0v) is 15.2. The molecule has 1 aliphatic rings. The van der Waals surface area contributed by atoms with Gasteiger partial charge in [-0.15, -0.1) is 10.2 Å². The molecule has 130 valence electrons. The van der Waals surface area contributed by atoms with Gasteiger partial charge in [0.15, 0.2) is 5.82 Å². The van der Waals surface area contributed by atoms with E-state index in [2.05, 4.69) is 22.4 Å². The molecule has 4 rings (SSSR count). The van der Waals surface area contributed by atoms with E-state index in [4.69, 9.17) is 11.6 Å². The van der Waals surface area contributed by atoms with Gasteiger partial charge in [-0.1, -0.05) is 44.5 Å². The van der Waals surface area contributed by atoms with Crippen LogP contribution in [0.4, 0.5) is 5.69 Å². The molecule has 0 amide bonds. The molecule has 2 heterocycles. The van der Waals surface area contributed by atoms with Crippen molar-refractivity contribution in [3.8, 4) is 22.8 Å². The molecular weight excluding hydrogens is 336 g/mol. The maximum atomic E-state index is 9.77. The smallest absolute Gasteiger partial charge is 0.168 e. The molecule has 0 fully saturated rings. The number of aromatic nitrogens is 3. The number of aromatic hydroxyl groups is 1. The Hall–Kier alpha value is -2.53. The summed E-state index contributed by atoms with van der Waals surface area (Å²) in [7, 11) is 0. The first-order valence-corrected chi connectivity index (χ1v) is 8.80. The number of fused-ring (bicyclic) bond motifs is 3. The van der Waals surface area contributed by atoms with Gasteiger partial charge in [-0.25, -0.2) is 0 Å². The van der Waals surface area contributed by atoms with Crippen LogP contribution < -0.4 is 5.32 Å². The average molecular weight is 357 g/mol. The van der Waals surface area contributed by atoms with Gasteiger partial charge in [0.1, 0.15) is 11.6 Å². The fraction of sp³-hybridized carbons (Fsp3) is 0.263. The van der Waals surface area contributed by atoms with Gasteiger partial charge in [0.2, 0.25) is 0 Å². The van der Waals surface area contributed by atoms with Crippen molar-refractivity contribution in [1.82, 2.24) is 14.8 Å². The number of phenolic OH excluding ortho intramolecular Hbond substituents is 1. The zero-order valence-electron chi connectivity index (χ0n) is 14.5. The van der Waals surface area contributed by atoms with Gasteiger partial charge < -0.3 is 10.4 Å². The lowest BCUT2D eigenvalue weighted by atomic mass is 10.1. The summed E-state index contributed by atoms with van der Waals surface area (Å²) in [6.07, 6.45) is 0. The molecule has 0 aliphatic carbocycles. The maximum Gasteiger partial charge on any atom is 0.168 e. The molecule has 0 spiro atoms. The van der Waals surface area contributed by atoms with Gasteiger partial charge in [0.25, 0.3) is 0 Å². The number of hydrogen-bond donors (Lipinski definition) is 2. The Morgan fingerprint density at radius 2 is 1.96 bits per heavy atom. The Balaban J connectivity index is 0.000000880. The number of phenols is 1. The second-order valence-electron chi connectivity index (χ2n) is 5.71. The van der Waals surface area contributed by atoms with Gasteiger partial charge in [0, 0.05) is 29.1 Å². The molecule has 1 aromatic heterocycles. The summed E-state index contributed by atoms with van der Waals surface area (Å²) in [6, 6.07) is 12.8. The minimum atomic E-state index is 0.185. The van der Waals surface area contributed by atoms with Crippen LogP contribution in [0.1, 0.15) is 32.5 Å². The summed E-state index contributed by atoms with van der Waals surface area (Å²) in [4.78, 5) is 0. The molecule has 1 atom stereocenters. The Labute approximate surface area is 152 Å². The van der Waals surface area contributed by atoms with Crippen molar-refractivity contribution in [2.75, 3.05) is 11.9 Å². The highest BCUT2D eigenvalue weighted by atomic mass is 35.5. The predicted octanol–water partition coefficient (Wildman–Crippen LogP) is 4.85. The minimum absolute atomic E-state index is 0.185. The van der Waals surface area contributed by atoms with Gasteiger partial charge in [-0.2, -0.15) is 0 Å². The summed E-state index contributed by atoms with van der Waals surface area (Å²) in [5.74, 6) is 2.04. The standard InChI is InChI=1S/C17H15ClN4O.C2H6/c1-10-9-19-14-8-13(23)5-6-15(14)22-16(10)20-21-17(22)11-3-2-4-12(18)7-11;1-2/h2-8,10,19,23H,9H2,1H3;1-2H3. The number of halogens is 1. The Bertz CT molecular complexity index is 891. The third kappa shape index (κ3) is 3.20. The van der Waals surface area contributed by atoms with Crippen LogP contribution in [0.15, 0.2) is 42.5 Å². The topological polar surface area (TPSA) is 63.0 Å². The summed E-state index contributed by atoms with van der Waals surface area (Å²) in [5.41, 5.74) is 2.69. The summed E-state index contributed by atoms with van der Waals surface area (Å²) in [6.45, 7) is 6.82. The van der Waals surface area contributed by atoms with Crippen LogP contribution in [-0.2, 0) is 0 Å². The van der Waals surface area contributed by atoms with Gasteiger partial charge in [-0.3, -0.25) is 4.57 Å². The van der Waals surface area contributed by atoms with E-state index >= 15 is 0 Å². The van der Waals surface area contributed by atoms with Crippen molar-refractivity contribution >= 4 is 17.3 Å². The second kappa shape index (κ2) is 7.15. The quantitative estimate of drug-likeness (QED) is 0.654. The van der Waals surface area contributed by atoms with Crippen LogP contribution in [-0.4, -0.2) is 26.4 Å². The molecule has 2 aromatic carbocycles. The molecule has 0 saturated heterocycles. The molecule has 6 heteroatoms. The lowest BCUT2D eigenvalue weighted by Crippen LogP contribution is -2.09. The molecule has 1 unspecified atom stereocenters. The van der Waals surface area contributed by atoms with E-state index in [1.54, 1.807) is 12.1 Å². The van der Waals surface area contributed by atoms with Crippen LogP contribution in [0.25, 0.3) is 17.1 Å². The van der Waals surface area contributed by atoms with Crippen molar-refractivity contribution in [2.24, 2.45) is 0 Å². The van der Waals surface area contributed by atoms with Crippen LogP contribution >= 0.6 is 11.6 Å². The first-order valence-electron chi connectivity index (χ1n) is 8.42. The average Bonchev–Trinajstić information content (AvgIpc) is 3.01. The second-order valence-corrected chi connectivity index (χ2v) is 6.15. The van der Waals surface area contributed by atoms with Crippen molar-refractivity contribution in [3.63, 3.8) is 0 Å². The number of anilines is 1. The molecule has 2 N–H and O–H groups in total. The van der Waals surface area contributed by atoms with Crippen molar-refractivity contribution < 1.29 is 5.11 Å². The van der Waals surface area contributed by atoms with E-state index in [-0.39, 0.29) is 11.7 Å². The first kappa shape index (κ1) is 17.3. The van der Waals surface area contributed by atoms with Gasteiger partial charge >= 0.3 is 0 Å². The predicted molar refractivity (Wildman–Crippen MR) is 102 cm³/mol. The lowest BCUT2D eigenvalue weighted by molar-refractivity contribution is 0.475.